The van der Waals surface area contributed by atoms with Crippen LogP contribution in [0, 0.1) is 5.41 Å². The number of likely N-dealkylation sites (tertiary alicyclic amines) is 1. The second-order valence-electron chi connectivity index (χ2n) is 9.39. The zero-order valence-electron chi connectivity index (χ0n) is 17.7. The molecule has 0 saturated carbocycles. The molecule has 5 rings (SSSR count). The van der Waals surface area contributed by atoms with Gasteiger partial charge in [-0.3, -0.25) is 24.5 Å². The van der Waals surface area contributed by atoms with Crippen molar-refractivity contribution in [1.82, 2.24) is 25.3 Å². The van der Waals surface area contributed by atoms with Gasteiger partial charge in [-0.2, -0.15) is 5.10 Å². The van der Waals surface area contributed by atoms with Gasteiger partial charge in [0.15, 0.2) is 0 Å². The van der Waals surface area contributed by atoms with Gasteiger partial charge in [-0.1, -0.05) is 12.1 Å². The summed E-state index contributed by atoms with van der Waals surface area (Å²) in [5.41, 5.74) is 3.71. The van der Waals surface area contributed by atoms with Gasteiger partial charge in [0.2, 0.25) is 11.8 Å². The molecule has 1 aromatic carbocycles. The van der Waals surface area contributed by atoms with Crippen LogP contribution in [0.2, 0.25) is 0 Å². The number of piperidine rings is 3. The van der Waals surface area contributed by atoms with Crippen molar-refractivity contribution < 1.29 is 9.59 Å². The summed E-state index contributed by atoms with van der Waals surface area (Å²) in [7, 11) is 1.93. The highest BCUT2D eigenvalue weighted by molar-refractivity contribution is 6.02. The molecule has 2 N–H and O–H groups in total. The Morgan fingerprint density at radius 1 is 1.13 bits per heavy atom. The fourth-order valence-electron chi connectivity index (χ4n) is 5.54. The lowest BCUT2D eigenvalue weighted by Crippen LogP contribution is -2.45. The average Bonchev–Trinajstić information content (AvgIpc) is 3.06. The number of carbonyl (C=O) groups excluding carboxylic acids is 2. The molecule has 7 heteroatoms. The van der Waals surface area contributed by atoms with Crippen LogP contribution in [0.5, 0.6) is 0 Å². The molecule has 30 heavy (non-hydrogen) atoms. The van der Waals surface area contributed by atoms with E-state index in [1.165, 1.54) is 57.4 Å². The first kappa shape index (κ1) is 19.7. The predicted octanol–water partition coefficient (Wildman–Crippen LogP) is 2.06. The second-order valence-corrected chi connectivity index (χ2v) is 9.39. The number of hydrogen-bond donors (Lipinski definition) is 2. The van der Waals surface area contributed by atoms with Crippen molar-refractivity contribution in [2.75, 3.05) is 26.2 Å². The fraction of sp³-hybridized carbons (Fsp3) is 0.609. The number of aromatic nitrogens is 2. The Kier molecular flexibility index (Phi) is 5.11. The molecule has 160 valence electrons. The SMILES string of the molecule is Cn1nc(C2CCC(=O)NC2=O)c2ccc(CN3CCC4(CCNCC4)CC3)cc21. The van der Waals surface area contributed by atoms with Gasteiger partial charge in [0, 0.05) is 25.4 Å². The molecular formula is C23H31N5O2. The Morgan fingerprint density at radius 3 is 2.63 bits per heavy atom. The van der Waals surface area contributed by atoms with Gasteiger partial charge in [0.25, 0.3) is 0 Å². The highest BCUT2D eigenvalue weighted by Gasteiger charge is 2.35. The summed E-state index contributed by atoms with van der Waals surface area (Å²) in [5, 5.41) is 11.6. The zero-order chi connectivity index (χ0) is 20.7. The Hall–Kier alpha value is -2.25. The lowest BCUT2D eigenvalue weighted by Gasteiger charge is -2.44. The van der Waals surface area contributed by atoms with Crippen LogP contribution in [0.25, 0.3) is 10.9 Å². The Bertz CT molecular complexity index is 965. The molecule has 3 aliphatic heterocycles. The van der Waals surface area contributed by atoms with Gasteiger partial charge in [-0.05, 0) is 75.3 Å². The van der Waals surface area contributed by atoms with Crippen LogP contribution in [-0.2, 0) is 23.2 Å². The molecule has 3 saturated heterocycles. The molecule has 1 spiro atoms. The van der Waals surface area contributed by atoms with E-state index in [0.717, 1.165) is 23.1 Å². The highest BCUT2D eigenvalue weighted by atomic mass is 16.2. The number of carbonyl (C=O) groups is 2. The van der Waals surface area contributed by atoms with E-state index in [0.29, 0.717) is 18.3 Å². The Labute approximate surface area is 177 Å². The summed E-state index contributed by atoms with van der Waals surface area (Å²) in [6.45, 7) is 5.65. The molecule has 3 aliphatic rings. The van der Waals surface area contributed by atoms with Crippen LogP contribution in [0.15, 0.2) is 18.2 Å². The first-order chi connectivity index (χ1) is 14.5. The van der Waals surface area contributed by atoms with E-state index in [1.54, 1.807) is 0 Å². The summed E-state index contributed by atoms with van der Waals surface area (Å²) in [6.07, 6.45) is 6.17. The van der Waals surface area contributed by atoms with E-state index < -0.39 is 0 Å². The summed E-state index contributed by atoms with van der Waals surface area (Å²) >= 11 is 0. The van der Waals surface area contributed by atoms with Gasteiger partial charge in [-0.25, -0.2) is 0 Å². The maximum atomic E-state index is 12.3. The first-order valence-electron chi connectivity index (χ1n) is 11.3. The van der Waals surface area contributed by atoms with Crippen LogP contribution in [0.1, 0.15) is 55.7 Å². The minimum Gasteiger partial charge on any atom is -0.317 e. The normalized spacial score (nSPS) is 25.0. The van der Waals surface area contributed by atoms with E-state index in [1.807, 2.05) is 11.7 Å². The van der Waals surface area contributed by atoms with Crippen LogP contribution in [0.3, 0.4) is 0 Å². The molecule has 2 aromatic rings. The quantitative estimate of drug-likeness (QED) is 0.759. The Balaban J connectivity index is 1.31. The number of nitrogens with zero attached hydrogens (tertiary/aromatic N) is 3. The minimum atomic E-state index is -0.347. The Morgan fingerprint density at radius 2 is 1.90 bits per heavy atom. The minimum absolute atomic E-state index is 0.188. The third-order valence-corrected chi connectivity index (χ3v) is 7.50. The lowest BCUT2D eigenvalue weighted by molar-refractivity contribution is -0.134. The monoisotopic (exact) mass is 409 g/mol. The number of imide groups is 1. The number of hydrogen-bond acceptors (Lipinski definition) is 5. The van der Waals surface area contributed by atoms with Crippen molar-refractivity contribution in [3.8, 4) is 0 Å². The van der Waals surface area contributed by atoms with Crippen molar-refractivity contribution in [2.45, 2.75) is 51.0 Å². The molecule has 3 fully saturated rings. The van der Waals surface area contributed by atoms with Crippen molar-refractivity contribution in [1.29, 1.82) is 0 Å². The number of benzene rings is 1. The van der Waals surface area contributed by atoms with Gasteiger partial charge in [0.05, 0.1) is 17.1 Å². The van der Waals surface area contributed by atoms with Crippen LogP contribution < -0.4 is 10.6 Å². The first-order valence-corrected chi connectivity index (χ1v) is 11.3. The maximum absolute atomic E-state index is 12.3. The van der Waals surface area contributed by atoms with Crippen molar-refractivity contribution in [3.63, 3.8) is 0 Å². The van der Waals surface area contributed by atoms with Crippen LogP contribution >= 0.6 is 0 Å². The third-order valence-electron chi connectivity index (χ3n) is 7.50. The smallest absolute Gasteiger partial charge is 0.235 e. The standard InChI is InChI=1S/C23H31N5O2/c1-27-19-14-16(15-28-12-8-23(9-13-28)6-10-24-11-7-23)2-3-17(19)21(26-27)18-4-5-20(29)25-22(18)30/h2-3,14,18,24H,4-13,15H2,1H3,(H,25,29,30). The number of aryl methyl sites for hydroxylation is 1. The van der Waals surface area contributed by atoms with E-state index >= 15 is 0 Å². The fourth-order valence-corrected chi connectivity index (χ4v) is 5.54. The number of amides is 2. The van der Waals surface area contributed by atoms with Crippen LogP contribution in [0.4, 0.5) is 0 Å². The lowest BCUT2D eigenvalue weighted by atomic mass is 9.71. The summed E-state index contributed by atoms with van der Waals surface area (Å²) in [5.74, 6) is -0.762. The topological polar surface area (TPSA) is 79.3 Å². The molecule has 1 unspecified atom stereocenters. The van der Waals surface area contributed by atoms with Gasteiger partial charge >= 0.3 is 0 Å². The maximum Gasteiger partial charge on any atom is 0.235 e. The van der Waals surface area contributed by atoms with Gasteiger partial charge in [-0.15, -0.1) is 0 Å². The van der Waals surface area contributed by atoms with E-state index in [-0.39, 0.29) is 17.7 Å². The summed E-state index contributed by atoms with van der Waals surface area (Å²) < 4.78 is 1.87. The number of fused-ring (bicyclic) bond motifs is 1. The molecule has 4 heterocycles. The molecular weight excluding hydrogens is 378 g/mol. The summed E-state index contributed by atoms with van der Waals surface area (Å²) in [6, 6.07) is 6.50. The van der Waals surface area contributed by atoms with Crippen molar-refractivity contribution >= 4 is 22.7 Å². The molecule has 2 amide bonds. The summed E-state index contributed by atoms with van der Waals surface area (Å²) in [4.78, 5) is 26.4. The van der Waals surface area contributed by atoms with Gasteiger partial charge in [0.1, 0.15) is 0 Å². The van der Waals surface area contributed by atoms with Crippen molar-refractivity contribution in [3.05, 3.63) is 29.5 Å². The molecule has 0 aliphatic carbocycles. The van der Waals surface area contributed by atoms with Gasteiger partial charge < -0.3 is 5.32 Å². The highest BCUT2D eigenvalue weighted by Crippen LogP contribution is 2.40. The van der Waals surface area contributed by atoms with E-state index in [4.69, 9.17) is 0 Å². The predicted molar refractivity (Wildman–Crippen MR) is 115 cm³/mol. The largest absolute Gasteiger partial charge is 0.317 e. The second kappa shape index (κ2) is 7.78. The van der Waals surface area contributed by atoms with Crippen molar-refractivity contribution in [2.24, 2.45) is 12.5 Å². The molecule has 7 nitrogen and oxygen atoms in total. The molecule has 0 radical (unpaired) electrons. The zero-order valence-corrected chi connectivity index (χ0v) is 17.7. The third kappa shape index (κ3) is 3.65. The molecule has 1 atom stereocenters. The van der Waals surface area contributed by atoms with E-state index in [2.05, 4.69) is 38.8 Å². The number of nitrogens with one attached hydrogen (secondary N) is 2. The average molecular weight is 410 g/mol. The molecule has 1 aromatic heterocycles. The number of rotatable bonds is 3. The van der Waals surface area contributed by atoms with Crippen LogP contribution in [-0.4, -0.2) is 52.7 Å². The van der Waals surface area contributed by atoms with E-state index in [9.17, 15) is 9.59 Å². The molecule has 0 bridgehead atoms.